The third kappa shape index (κ3) is 3.25. The Morgan fingerprint density at radius 2 is 2.04 bits per heavy atom. The van der Waals surface area contributed by atoms with E-state index in [9.17, 15) is 4.79 Å². The highest BCUT2D eigenvalue weighted by Gasteiger charge is 2.23. The smallest absolute Gasteiger partial charge is 0.258 e. The van der Waals surface area contributed by atoms with Crippen LogP contribution >= 0.6 is 23.4 Å². The lowest BCUT2D eigenvalue weighted by Gasteiger charge is -2.16. The summed E-state index contributed by atoms with van der Waals surface area (Å²) in [6, 6.07) is 4.89. The van der Waals surface area contributed by atoms with Crippen molar-refractivity contribution in [3.63, 3.8) is 0 Å². The number of hydrogen-bond donors (Lipinski definition) is 1. The van der Waals surface area contributed by atoms with Crippen molar-refractivity contribution in [1.29, 1.82) is 0 Å². The van der Waals surface area contributed by atoms with Crippen LogP contribution in [-0.2, 0) is 11.2 Å². The van der Waals surface area contributed by atoms with Gasteiger partial charge in [0.1, 0.15) is 5.65 Å². The number of aromatic nitrogens is 5. The molecule has 0 aliphatic carbocycles. The minimum absolute atomic E-state index is 0.178. The molecule has 3 rings (SSSR count). The second kappa shape index (κ2) is 6.10. The van der Waals surface area contributed by atoms with E-state index < -0.39 is 0 Å². The van der Waals surface area contributed by atoms with Crippen LogP contribution in [0.15, 0.2) is 34.3 Å². The molecule has 7 nitrogen and oxygen atoms in total. The summed E-state index contributed by atoms with van der Waals surface area (Å²) >= 11 is 7.29. The molecule has 0 spiro atoms. The van der Waals surface area contributed by atoms with Gasteiger partial charge in [0.2, 0.25) is 5.16 Å². The van der Waals surface area contributed by atoms with Crippen LogP contribution < -0.4 is 11.4 Å². The van der Waals surface area contributed by atoms with E-state index in [2.05, 4.69) is 15.2 Å². The third-order valence-corrected chi connectivity index (χ3v) is 4.56. The maximum atomic E-state index is 12.2. The number of nitrogens with zero attached hydrogens (tertiary/aromatic N) is 5. The van der Waals surface area contributed by atoms with Crippen molar-refractivity contribution >= 4 is 29.0 Å². The van der Waals surface area contributed by atoms with Crippen LogP contribution in [0.4, 0.5) is 0 Å². The zero-order valence-electron chi connectivity index (χ0n) is 13.5. The van der Waals surface area contributed by atoms with Crippen LogP contribution in [0.2, 0.25) is 5.02 Å². The molecule has 3 aromatic rings. The maximum absolute atomic E-state index is 12.2. The van der Waals surface area contributed by atoms with Gasteiger partial charge in [-0.2, -0.15) is 0 Å². The minimum atomic E-state index is -0.195. The largest absolute Gasteiger partial charge is 0.336 e. The Morgan fingerprint density at radius 1 is 1.29 bits per heavy atom. The average Bonchev–Trinajstić information content (AvgIpc) is 2.87. The van der Waals surface area contributed by atoms with Crippen LogP contribution in [0.1, 0.15) is 32.3 Å². The summed E-state index contributed by atoms with van der Waals surface area (Å²) in [7, 11) is 0. The van der Waals surface area contributed by atoms with Gasteiger partial charge >= 0.3 is 0 Å². The summed E-state index contributed by atoms with van der Waals surface area (Å²) in [5.74, 6) is 7.23. The lowest BCUT2D eigenvalue weighted by Crippen LogP contribution is -2.24. The molecule has 0 fully saturated rings. The first-order chi connectivity index (χ1) is 11.3. The van der Waals surface area contributed by atoms with Crippen molar-refractivity contribution in [3.8, 4) is 0 Å². The number of rotatable bonds is 3. The highest BCUT2D eigenvalue weighted by molar-refractivity contribution is 7.98. The Morgan fingerprint density at radius 3 is 2.71 bits per heavy atom. The Bertz CT molecular complexity index is 959. The molecule has 0 amide bonds. The van der Waals surface area contributed by atoms with Gasteiger partial charge in [-0.1, -0.05) is 44.1 Å². The molecule has 0 saturated carbocycles. The van der Waals surface area contributed by atoms with E-state index in [1.165, 1.54) is 26.9 Å². The van der Waals surface area contributed by atoms with Crippen LogP contribution in [0, 0.1) is 0 Å². The van der Waals surface area contributed by atoms with Crippen LogP contribution in [0.5, 0.6) is 0 Å². The first kappa shape index (κ1) is 16.8. The van der Waals surface area contributed by atoms with Crippen molar-refractivity contribution in [2.45, 2.75) is 37.1 Å². The first-order valence-corrected chi connectivity index (χ1v) is 8.63. The topological polar surface area (TPSA) is 91.1 Å². The zero-order chi connectivity index (χ0) is 17.5. The van der Waals surface area contributed by atoms with E-state index in [-0.39, 0.29) is 11.0 Å². The van der Waals surface area contributed by atoms with Gasteiger partial charge in [0.25, 0.3) is 5.56 Å². The minimum Gasteiger partial charge on any atom is -0.336 e. The number of fused-ring (bicyclic) bond motifs is 1. The van der Waals surface area contributed by atoms with Crippen molar-refractivity contribution in [2.24, 2.45) is 0 Å². The number of nitrogens with two attached hydrogens (primary N) is 1. The molecule has 0 saturated heterocycles. The third-order valence-electron chi connectivity index (χ3n) is 3.36. The first-order valence-electron chi connectivity index (χ1n) is 7.27. The highest BCUT2D eigenvalue weighted by atomic mass is 35.5. The Kier molecular flexibility index (Phi) is 4.27. The lowest BCUT2D eigenvalue weighted by atomic mass is 9.96. The van der Waals surface area contributed by atoms with Gasteiger partial charge in [0.15, 0.2) is 5.82 Å². The van der Waals surface area contributed by atoms with Crippen molar-refractivity contribution in [3.05, 3.63) is 51.3 Å². The van der Waals surface area contributed by atoms with Crippen LogP contribution in [-0.4, -0.2) is 24.3 Å². The maximum Gasteiger partial charge on any atom is 0.258 e. The summed E-state index contributed by atoms with van der Waals surface area (Å²) in [6.07, 6.45) is 1.55. The summed E-state index contributed by atoms with van der Waals surface area (Å²) in [4.78, 5) is 16.6. The fourth-order valence-corrected chi connectivity index (χ4v) is 3.13. The van der Waals surface area contributed by atoms with Gasteiger partial charge < -0.3 is 5.84 Å². The van der Waals surface area contributed by atoms with E-state index in [0.717, 1.165) is 0 Å². The van der Waals surface area contributed by atoms with Gasteiger partial charge in [-0.15, -0.1) is 10.2 Å². The van der Waals surface area contributed by atoms with Gasteiger partial charge in [-0.25, -0.2) is 9.66 Å². The van der Waals surface area contributed by atoms with Crippen molar-refractivity contribution < 1.29 is 0 Å². The molecule has 2 N–H and O–H groups in total. The molecule has 3 aromatic heterocycles. The molecule has 9 heteroatoms. The van der Waals surface area contributed by atoms with E-state index >= 15 is 0 Å². The second-order valence-corrected chi connectivity index (χ2v) is 7.76. The van der Waals surface area contributed by atoms with E-state index in [1.54, 1.807) is 18.3 Å². The summed E-state index contributed by atoms with van der Waals surface area (Å²) < 4.78 is 2.90. The summed E-state index contributed by atoms with van der Waals surface area (Å²) in [5, 5.41) is 9.33. The molecule has 0 aromatic carbocycles. The molecule has 0 radical (unpaired) electrons. The van der Waals surface area contributed by atoms with Crippen LogP contribution in [0.3, 0.4) is 0 Å². The monoisotopic (exact) mass is 364 g/mol. The van der Waals surface area contributed by atoms with Gasteiger partial charge in [0.05, 0.1) is 10.7 Å². The van der Waals surface area contributed by atoms with Gasteiger partial charge in [-0.3, -0.25) is 9.20 Å². The molecule has 0 bridgehead atoms. The molecule has 126 valence electrons. The van der Waals surface area contributed by atoms with Crippen LogP contribution in [0.25, 0.3) is 5.65 Å². The molecule has 0 aliphatic rings. The Labute approximate surface area is 147 Å². The molecule has 0 aliphatic heterocycles. The fourth-order valence-electron chi connectivity index (χ4n) is 2.23. The molecule has 24 heavy (non-hydrogen) atoms. The zero-order valence-corrected chi connectivity index (χ0v) is 15.1. The number of nitrogen functional groups attached to an aromatic ring is 1. The molecule has 0 unspecified atom stereocenters. The van der Waals surface area contributed by atoms with Gasteiger partial charge in [0, 0.05) is 23.4 Å². The van der Waals surface area contributed by atoms with Crippen molar-refractivity contribution in [1.82, 2.24) is 24.3 Å². The average molecular weight is 365 g/mol. The molecule has 3 heterocycles. The fraction of sp³-hybridized carbons (Fsp3) is 0.333. The van der Waals surface area contributed by atoms with E-state index in [0.29, 0.717) is 33.1 Å². The van der Waals surface area contributed by atoms with E-state index in [4.69, 9.17) is 17.4 Å². The number of halogens is 1. The molecular weight excluding hydrogens is 348 g/mol. The van der Waals surface area contributed by atoms with Gasteiger partial charge in [-0.05, 0) is 12.1 Å². The predicted molar refractivity (Wildman–Crippen MR) is 94.9 cm³/mol. The SMILES string of the molecule is CC(C)(C)c1nnc(SCc2cc(=O)n3cc(Cl)ccc3n2)n1N. The summed E-state index contributed by atoms with van der Waals surface area (Å²) in [6.45, 7) is 6.06. The van der Waals surface area contributed by atoms with E-state index in [1.807, 2.05) is 20.8 Å². The normalized spacial score (nSPS) is 12.0. The Balaban J connectivity index is 1.85. The standard InChI is InChI=1S/C15H17ClN6OS/c1-15(2,3)13-19-20-14(22(13)17)24-8-10-6-12(23)21-7-9(16)4-5-11(21)18-10/h4-7H,8,17H2,1-3H3. The molecular formula is C15H17ClN6OS. The highest BCUT2D eigenvalue weighted by Crippen LogP contribution is 2.24. The predicted octanol–water partition coefficient (Wildman–Crippen LogP) is 2.24. The number of pyridine rings is 1. The number of thioether (sulfide) groups is 1. The van der Waals surface area contributed by atoms with Crippen molar-refractivity contribution in [2.75, 3.05) is 5.84 Å². The lowest BCUT2D eigenvalue weighted by molar-refractivity contribution is 0.523. The number of hydrogen-bond acceptors (Lipinski definition) is 6. The second-order valence-electron chi connectivity index (χ2n) is 6.38. The molecule has 0 atom stereocenters. The summed E-state index contributed by atoms with van der Waals surface area (Å²) in [5.41, 5.74) is 0.822. The Hall–Kier alpha value is -2.06. The quantitative estimate of drug-likeness (QED) is 0.566.